The zero-order chi connectivity index (χ0) is 20.7. The van der Waals surface area contributed by atoms with E-state index in [2.05, 4.69) is 43.6 Å². The van der Waals surface area contributed by atoms with Crippen molar-refractivity contribution in [3.63, 3.8) is 0 Å². The highest BCUT2D eigenvalue weighted by atomic mass is 16.2. The maximum atomic E-state index is 12.9. The lowest BCUT2D eigenvalue weighted by Crippen LogP contribution is -2.62. The maximum Gasteiger partial charge on any atom is 0.325 e. The van der Waals surface area contributed by atoms with Crippen LogP contribution >= 0.6 is 0 Å². The number of nitrogens with one attached hydrogen (secondary N) is 3. The number of nitrogens with zero attached hydrogens (tertiary/aromatic N) is 1. The smallest absolute Gasteiger partial charge is 0.325 e. The van der Waals surface area contributed by atoms with E-state index in [0.29, 0.717) is 5.56 Å². The molecule has 0 bridgehead atoms. The van der Waals surface area contributed by atoms with E-state index in [1.54, 1.807) is 19.1 Å². The quantitative estimate of drug-likeness (QED) is 0.689. The Kier molecular flexibility index (Phi) is 5.00. The van der Waals surface area contributed by atoms with Crippen LogP contribution in [-0.4, -0.2) is 46.4 Å². The molecule has 0 aliphatic carbocycles. The Balaban J connectivity index is 1.67. The van der Waals surface area contributed by atoms with Gasteiger partial charge in [-0.3, -0.25) is 14.5 Å². The number of carbonyl (C=O) groups excluding carboxylic acids is 3. The molecule has 2 aliphatic heterocycles. The van der Waals surface area contributed by atoms with Crippen molar-refractivity contribution in [3.8, 4) is 0 Å². The highest BCUT2D eigenvalue weighted by Crippen LogP contribution is 2.30. The van der Waals surface area contributed by atoms with Crippen LogP contribution in [0.25, 0.3) is 0 Å². The third kappa shape index (κ3) is 4.04. The Morgan fingerprint density at radius 1 is 1.07 bits per heavy atom. The van der Waals surface area contributed by atoms with Gasteiger partial charge in [0.2, 0.25) is 5.91 Å². The minimum atomic E-state index is -1.16. The molecule has 2 fully saturated rings. The zero-order valence-electron chi connectivity index (χ0n) is 17.3. The number of amides is 4. The molecule has 3 N–H and O–H groups in total. The van der Waals surface area contributed by atoms with E-state index in [4.69, 9.17) is 0 Å². The standard InChI is InChI=1S/C21H30N4O3/c1-19(2)11-15(12-20(3,4)24-19)22-16(26)13-25-17(27)21(5,23-18(25)28)14-9-7-6-8-10-14/h6-10,15,24H,11-13H2,1-5H3,(H,22,26)(H,23,28)/t21-/m0/s1. The third-order valence-corrected chi connectivity index (χ3v) is 5.48. The Morgan fingerprint density at radius 3 is 2.21 bits per heavy atom. The van der Waals surface area contributed by atoms with Crippen molar-refractivity contribution in [3.05, 3.63) is 35.9 Å². The van der Waals surface area contributed by atoms with Gasteiger partial charge in [-0.2, -0.15) is 0 Å². The Bertz CT molecular complexity index is 774. The van der Waals surface area contributed by atoms with Crippen molar-refractivity contribution in [2.24, 2.45) is 0 Å². The summed E-state index contributed by atoms with van der Waals surface area (Å²) in [6, 6.07) is 8.51. The number of benzene rings is 1. The summed E-state index contributed by atoms with van der Waals surface area (Å²) < 4.78 is 0. The summed E-state index contributed by atoms with van der Waals surface area (Å²) in [5, 5.41) is 9.31. The van der Waals surface area contributed by atoms with Crippen molar-refractivity contribution in [2.75, 3.05) is 6.54 Å². The second-order valence-corrected chi connectivity index (χ2v) is 9.38. The van der Waals surface area contributed by atoms with Crippen molar-refractivity contribution < 1.29 is 14.4 Å². The van der Waals surface area contributed by atoms with Crippen LogP contribution in [0.5, 0.6) is 0 Å². The monoisotopic (exact) mass is 386 g/mol. The van der Waals surface area contributed by atoms with Gasteiger partial charge >= 0.3 is 6.03 Å². The highest BCUT2D eigenvalue weighted by molar-refractivity contribution is 6.09. The van der Waals surface area contributed by atoms with E-state index in [1.165, 1.54) is 0 Å². The fraction of sp³-hybridized carbons (Fsp3) is 0.571. The van der Waals surface area contributed by atoms with E-state index in [1.807, 2.05) is 18.2 Å². The predicted molar refractivity (Wildman–Crippen MR) is 106 cm³/mol. The number of hydrogen-bond donors (Lipinski definition) is 3. The molecule has 0 aromatic heterocycles. The summed E-state index contributed by atoms with van der Waals surface area (Å²) in [6.45, 7) is 9.81. The van der Waals surface area contributed by atoms with Gasteiger partial charge in [0.05, 0.1) is 0 Å². The van der Waals surface area contributed by atoms with Crippen LogP contribution < -0.4 is 16.0 Å². The molecule has 2 heterocycles. The van der Waals surface area contributed by atoms with Crippen LogP contribution in [0.15, 0.2) is 30.3 Å². The molecule has 2 aliphatic rings. The van der Waals surface area contributed by atoms with Gasteiger partial charge in [0.25, 0.3) is 5.91 Å². The van der Waals surface area contributed by atoms with Crippen LogP contribution in [0.2, 0.25) is 0 Å². The molecule has 28 heavy (non-hydrogen) atoms. The predicted octanol–water partition coefficient (Wildman–Crippen LogP) is 1.88. The summed E-state index contributed by atoms with van der Waals surface area (Å²) in [5.74, 6) is -0.732. The minimum absolute atomic E-state index is 0.0139. The van der Waals surface area contributed by atoms with Gasteiger partial charge in [-0.05, 0) is 53.0 Å². The Hall–Kier alpha value is -2.41. The second kappa shape index (κ2) is 6.88. The number of imide groups is 1. The van der Waals surface area contributed by atoms with Crippen molar-refractivity contribution >= 4 is 17.8 Å². The van der Waals surface area contributed by atoms with Gasteiger partial charge in [0.15, 0.2) is 0 Å². The Labute approximate surface area is 166 Å². The molecule has 152 valence electrons. The van der Waals surface area contributed by atoms with E-state index < -0.39 is 17.5 Å². The van der Waals surface area contributed by atoms with Crippen LogP contribution in [0, 0.1) is 0 Å². The summed E-state index contributed by atoms with van der Waals surface area (Å²) in [4.78, 5) is 39.0. The first-order valence-corrected chi connectivity index (χ1v) is 9.70. The van der Waals surface area contributed by atoms with Gasteiger partial charge in [0, 0.05) is 17.1 Å². The molecular weight excluding hydrogens is 356 g/mol. The van der Waals surface area contributed by atoms with E-state index in [-0.39, 0.29) is 29.6 Å². The molecule has 7 nitrogen and oxygen atoms in total. The van der Waals surface area contributed by atoms with Gasteiger partial charge in [0.1, 0.15) is 12.1 Å². The maximum absolute atomic E-state index is 12.9. The fourth-order valence-corrected chi connectivity index (χ4v) is 4.65. The van der Waals surface area contributed by atoms with Crippen molar-refractivity contribution in [1.82, 2.24) is 20.9 Å². The summed E-state index contributed by atoms with van der Waals surface area (Å²) in [5.41, 5.74) is -0.672. The lowest BCUT2D eigenvalue weighted by Gasteiger charge is -2.46. The fourth-order valence-electron chi connectivity index (χ4n) is 4.65. The molecule has 1 aromatic carbocycles. The van der Waals surface area contributed by atoms with Gasteiger partial charge in [-0.1, -0.05) is 30.3 Å². The largest absolute Gasteiger partial charge is 0.352 e. The minimum Gasteiger partial charge on any atom is -0.352 e. The van der Waals surface area contributed by atoms with Crippen molar-refractivity contribution in [2.45, 2.75) is 70.1 Å². The first-order valence-electron chi connectivity index (χ1n) is 9.70. The van der Waals surface area contributed by atoms with Gasteiger partial charge < -0.3 is 16.0 Å². The summed E-state index contributed by atoms with van der Waals surface area (Å²) >= 11 is 0. The molecule has 1 atom stereocenters. The van der Waals surface area contributed by atoms with E-state index in [0.717, 1.165) is 17.7 Å². The first kappa shape index (κ1) is 20.3. The SMILES string of the molecule is CC1(C)CC(NC(=O)CN2C(=O)N[C@@](C)(c3ccccc3)C2=O)CC(C)(C)N1. The normalized spacial score (nSPS) is 26.8. The lowest BCUT2D eigenvalue weighted by molar-refractivity contribution is -0.135. The molecule has 0 saturated carbocycles. The van der Waals surface area contributed by atoms with E-state index in [9.17, 15) is 14.4 Å². The molecule has 7 heteroatoms. The Morgan fingerprint density at radius 2 is 1.64 bits per heavy atom. The summed E-state index contributed by atoms with van der Waals surface area (Å²) in [7, 11) is 0. The van der Waals surface area contributed by atoms with Crippen LogP contribution in [0.4, 0.5) is 4.79 Å². The number of hydrogen-bond acceptors (Lipinski definition) is 4. The number of urea groups is 1. The number of piperidine rings is 1. The summed E-state index contributed by atoms with van der Waals surface area (Å²) in [6.07, 6.45) is 1.56. The van der Waals surface area contributed by atoms with Gasteiger partial charge in [-0.25, -0.2) is 4.79 Å². The average Bonchev–Trinajstić information content (AvgIpc) is 2.77. The topological polar surface area (TPSA) is 90.5 Å². The second-order valence-electron chi connectivity index (χ2n) is 9.38. The zero-order valence-corrected chi connectivity index (χ0v) is 17.3. The van der Waals surface area contributed by atoms with Crippen LogP contribution in [-0.2, 0) is 15.1 Å². The molecule has 0 unspecified atom stereocenters. The highest BCUT2D eigenvalue weighted by Gasteiger charge is 2.49. The van der Waals surface area contributed by atoms with E-state index >= 15 is 0 Å². The lowest BCUT2D eigenvalue weighted by atomic mass is 9.79. The number of carbonyl (C=O) groups is 3. The molecule has 0 spiro atoms. The average molecular weight is 386 g/mol. The molecular formula is C21H30N4O3. The van der Waals surface area contributed by atoms with Gasteiger partial charge in [-0.15, -0.1) is 0 Å². The molecule has 4 amide bonds. The molecule has 1 aromatic rings. The molecule has 0 radical (unpaired) electrons. The van der Waals surface area contributed by atoms with Crippen LogP contribution in [0.3, 0.4) is 0 Å². The number of rotatable bonds is 4. The molecule has 3 rings (SSSR count). The van der Waals surface area contributed by atoms with Crippen molar-refractivity contribution in [1.29, 1.82) is 0 Å². The van der Waals surface area contributed by atoms with Crippen LogP contribution in [0.1, 0.15) is 53.0 Å². The first-order chi connectivity index (χ1) is 12.9. The third-order valence-electron chi connectivity index (χ3n) is 5.48. The molecule has 2 saturated heterocycles.